The number of aryl methyl sites for hydroxylation is 1. The fourth-order valence-electron chi connectivity index (χ4n) is 1.33. The second-order valence-corrected chi connectivity index (χ2v) is 3.60. The van der Waals surface area contributed by atoms with Crippen LogP contribution in [0.2, 0.25) is 0 Å². The highest BCUT2D eigenvalue weighted by Gasteiger charge is 1.98. The summed E-state index contributed by atoms with van der Waals surface area (Å²) in [6.07, 6.45) is 8.49. The molecule has 0 saturated carbocycles. The normalized spacial score (nSPS) is 9.33. The summed E-state index contributed by atoms with van der Waals surface area (Å²) in [5, 5.41) is 3.94. The molecule has 3 rings (SSSR count). The lowest BCUT2D eigenvalue weighted by Crippen LogP contribution is -1.87. The summed E-state index contributed by atoms with van der Waals surface area (Å²) >= 11 is 0. The van der Waals surface area contributed by atoms with Gasteiger partial charge in [0.2, 0.25) is 5.82 Å². The Hall–Kier alpha value is -2.67. The molecule has 0 spiro atoms. The van der Waals surface area contributed by atoms with Crippen LogP contribution >= 0.6 is 0 Å². The van der Waals surface area contributed by atoms with E-state index in [1.807, 2.05) is 18.2 Å². The van der Waals surface area contributed by atoms with Crippen LogP contribution in [0.3, 0.4) is 0 Å². The fraction of sp³-hybridized carbons (Fsp3) is 0.0714. The molecule has 4 heteroatoms. The van der Waals surface area contributed by atoms with Gasteiger partial charge in [-0.2, -0.15) is 4.98 Å². The number of nitrogens with zero attached hydrogens (tertiary/aromatic N) is 4. The van der Waals surface area contributed by atoms with E-state index in [9.17, 15) is 0 Å². The predicted molar refractivity (Wildman–Crippen MR) is 69.9 cm³/mol. The largest absolute Gasteiger partial charge is 0.253 e. The van der Waals surface area contributed by atoms with Gasteiger partial charge < -0.3 is 0 Å². The summed E-state index contributed by atoms with van der Waals surface area (Å²) in [6.45, 7) is 2.08. The maximum atomic E-state index is 5.10. The van der Waals surface area contributed by atoms with Crippen LogP contribution in [0.5, 0.6) is 0 Å². The molecule has 0 radical (unpaired) electrons. The van der Waals surface area contributed by atoms with Gasteiger partial charge in [0.1, 0.15) is 0 Å². The van der Waals surface area contributed by atoms with Crippen LogP contribution < -0.4 is 0 Å². The lowest BCUT2D eigenvalue weighted by Gasteiger charge is -1.83. The highest BCUT2D eigenvalue weighted by molar-refractivity contribution is 5.29. The quantitative estimate of drug-likeness (QED) is 0.561. The van der Waals surface area contributed by atoms with Gasteiger partial charge in [-0.25, -0.2) is 9.50 Å². The van der Waals surface area contributed by atoms with E-state index >= 15 is 0 Å². The van der Waals surface area contributed by atoms with Gasteiger partial charge in [-0.15, -0.1) is 11.5 Å². The van der Waals surface area contributed by atoms with Gasteiger partial charge in [0.25, 0.3) is 5.78 Å². The Morgan fingerprint density at radius 1 is 1.17 bits per heavy atom. The molecule has 0 fully saturated rings. The summed E-state index contributed by atoms with van der Waals surface area (Å²) in [7, 11) is 0. The van der Waals surface area contributed by atoms with Crippen LogP contribution in [0.4, 0.5) is 0 Å². The van der Waals surface area contributed by atoms with Crippen LogP contribution in [0.15, 0.2) is 48.8 Å². The van der Waals surface area contributed by atoms with Crippen molar-refractivity contribution < 1.29 is 0 Å². The van der Waals surface area contributed by atoms with Crippen molar-refractivity contribution in [2.75, 3.05) is 0 Å². The fourth-order valence-corrected chi connectivity index (χ4v) is 1.33. The monoisotopic (exact) mass is 236 g/mol. The minimum atomic E-state index is 0.365. The topological polar surface area (TPSA) is 43.1 Å². The van der Waals surface area contributed by atoms with E-state index in [1.54, 1.807) is 18.5 Å². The summed E-state index contributed by atoms with van der Waals surface area (Å²) in [4.78, 5) is 7.88. The van der Waals surface area contributed by atoms with Crippen LogP contribution in [0.25, 0.3) is 5.78 Å². The van der Waals surface area contributed by atoms with Crippen molar-refractivity contribution in [1.82, 2.24) is 19.6 Å². The van der Waals surface area contributed by atoms with E-state index in [-0.39, 0.29) is 0 Å². The summed E-state index contributed by atoms with van der Waals surface area (Å²) in [5.41, 5.74) is 1.32. The predicted octanol–water partition coefficient (Wildman–Crippen LogP) is 2.10. The Morgan fingerprint density at radius 2 is 1.94 bits per heavy atom. The molecule has 4 nitrogen and oxygen atoms in total. The molecule has 0 aliphatic heterocycles. The zero-order valence-electron chi connectivity index (χ0n) is 9.99. The molecule has 0 atom stereocenters. The number of benzene rings is 1. The maximum Gasteiger partial charge on any atom is 0.253 e. The number of hydrogen-bond acceptors (Lipinski definition) is 3. The van der Waals surface area contributed by atoms with Gasteiger partial charge in [0.15, 0.2) is 0 Å². The van der Waals surface area contributed by atoms with Crippen LogP contribution in [-0.4, -0.2) is 19.6 Å². The molecule has 0 N–H and O–H groups in total. The SMILES string of the molecule is C#Cc1nc2ncccn2n1.Cc1ccccc1. The number of hydrogen-bond donors (Lipinski definition) is 0. The van der Waals surface area contributed by atoms with E-state index in [0.29, 0.717) is 11.6 Å². The van der Waals surface area contributed by atoms with Crippen LogP contribution in [0, 0.1) is 19.3 Å². The van der Waals surface area contributed by atoms with Gasteiger partial charge in [0.05, 0.1) is 0 Å². The van der Waals surface area contributed by atoms with Crippen molar-refractivity contribution in [3.63, 3.8) is 0 Å². The molecule has 0 unspecified atom stereocenters. The van der Waals surface area contributed by atoms with Gasteiger partial charge in [-0.3, -0.25) is 0 Å². The molecular weight excluding hydrogens is 224 g/mol. The first kappa shape index (κ1) is 11.8. The van der Waals surface area contributed by atoms with Crippen molar-refractivity contribution in [3.05, 3.63) is 60.2 Å². The first-order valence-corrected chi connectivity index (χ1v) is 5.45. The second-order valence-electron chi connectivity index (χ2n) is 3.60. The molecule has 3 aromatic rings. The van der Waals surface area contributed by atoms with Crippen molar-refractivity contribution in [2.24, 2.45) is 0 Å². The average Bonchev–Trinajstić information content (AvgIpc) is 2.83. The molecule has 88 valence electrons. The Bertz CT molecular complexity index is 632. The molecule has 0 saturated heterocycles. The smallest absolute Gasteiger partial charge is 0.220 e. The summed E-state index contributed by atoms with van der Waals surface area (Å²) < 4.78 is 1.54. The third-order valence-corrected chi connectivity index (χ3v) is 2.19. The minimum absolute atomic E-state index is 0.365. The van der Waals surface area contributed by atoms with Crippen molar-refractivity contribution in [2.45, 2.75) is 6.92 Å². The van der Waals surface area contributed by atoms with Crippen molar-refractivity contribution in [3.8, 4) is 12.3 Å². The van der Waals surface area contributed by atoms with Gasteiger partial charge >= 0.3 is 0 Å². The highest BCUT2D eigenvalue weighted by Crippen LogP contribution is 1.94. The van der Waals surface area contributed by atoms with Crippen LogP contribution in [0.1, 0.15) is 11.4 Å². The second kappa shape index (κ2) is 5.60. The third-order valence-electron chi connectivity index (χ3n) is 2.19. The number of fused-ring (bicyclic) bond motifs is 1. The molecule has 2 aromatic heterocycles. The Morgan fingerprint density at radius 3 is 2.50 bits per heavy atom. The lowest BCUT2D eigenvalue weighted by molar-refractivity contribution is 0.932. The maximum absolute atomic E-state index is 5.10. The first-order chi connectivity index (χ1) is 8.79. The third kappa shape index (κ3) is 2.92. The Kier molecular flexibility index (Phi) is 3.67. The van der Waals surface area contributed by atoms with E-state index in [1.165, 1.54) is 10.1 Å². The number of aromatic nitrogens is 4. The van der Waals surface area contributed by atoms with E-state index < -0.39 is 0 Å². The zero-order chi connectivity index (χ0) is 12.8. The first-order valence-electron chi connectivity index (χ1n) is 5.45. The van der Waals surface area contributed by atoms with E-state index in [0.717, 1.165) is 0 Å². The molecular formula is C14H12N4. The number of terminal acetylenes is 1. The molecule has 1 aromatic carbocycles. The molecule has 0 aliphatic rings. The van der Waals surface area contributed by atoms with Gasteiger partial charge in [-0.05, 0) is 18.9 Å². The highest BCUT2D eigenvalue weighted by atomic mass is 15.3. The van der Waals surface area contributed by atoms with Crippen LogP contribution in [-0.2, 0) is 0 Å². The molecule has 0 amide bonds. The van der Waals surface area contributed by atoms with Gasteiger partial charge in [0, 0.05) is 12.4 Å². The molecule has 0 bridgehead atoms. The summed E-state index contributed by atoms with van der Waals surface area (Å²) in [5.74, 6) is 3.23. The molecule has 2 heterocycles. The lowest BCUT2D eigenvalue weighted by atomic mass is 10.2. The number of rotatable bonds is 0. The Balaban J connectivity index is 0.000000149. The van der Waals surface area contributed by atoms with Crippen molar-refractivity contribution in [1.29, 1.82) is 0 Å². The standard InChI is InChI=1S/C7H4N4.C7H8/c1-2-6-9-7-8-4-3-5-11(7)10-6;1-7-5-3-2-4-6-7/h1,3-5H;2-6H,1H3. The van der Waals surface area contributed by atoms with E-state index in [2.05, 4.69) is 40.0 Å². The zero-order valence-corrected chi connectivity index (χ0v) is 9.99. The minimum Gasteiger partial charge on any atom is -0.220 e. The van der Waals surface area contributed by atoms with Gasteiger partial charge in [-0.1, -0.05) is 35.9 Å². The van der Waals surface area contributed by atoms with Crippen molar-refractivity contribution >= 4 is 5.78 Å². The summed E-state index contributed by atoms with van der Waals surface area (Å²) in [6, 6.07) is 12.0. The van der Waals surface area contributed by atoms with E-state index in [4.69, 9.17) is 6.42 Å². The molecule has 18 heavy (non-hydrogen) atoms. The molecule has 0 aliphatic carbocycles. The Labute approximate surface area is 105 Å². The average molecular weight is 236 g/mol.